The van der Waals surface area contributed by atoms with E-state index < -0.39 is 0 Å². The van der Waals surface area contributed by atoms with Gasteiger partial charge in [0.25, 0.3) is 0 Å². The summed E-state index contributed by atoms with van der Waals surface area (Å²) in [6, 6.07) is 11.6. The third kappa shape index (κ3) is 3.00. The van der Waals surface area contributed by atoms with Gasteiger partial charge in [-0.15, -0.1) is 0 Å². The van der Waals surface area contributed by atoms with E-state index in [0.29, 0.717) is 23.9 Å². The molecule has 0 aliphatic rings. The second-order valence-corrected chi connectivity index (χ2v) is 4.24. The molecule has 2 N–H and O–H groups in total. The molecule has 0 amide bonds. The van der Waals surface area contributed by atoms with E-state index in [-0.39, 0.29) is 5.82 Å². The summed E-state index contributed by atoms with van der Waals surface area (Å²) in [5.41, 5.74) is 7.29. The zero-order valence-electron chi connectivity index (χ0n) is 9.70. The van der Waals surface area contributed by atoms with Crippen molar-refractivity contribution in [1.82, 2.24) is 0 Å². The predicted molar refractivity (Wildman–Crippen MR) is 70.1 cm³/mol. The summed E-state index contributed by atoms with van der Waals surface area (Å²) in [6.07, 6.45) is 0. The first kappa shape index (κ1) is 12.9. The van der Waals surface area contributed by atoms with Gasteiger partial charge in [0.2, 0.25) is 0 Å². The van der Waals surface area contributed by atoms with Crippen molar-refractivity contribution in [3.63, 3.8) is 0 Å². The fourth-order valence-corrected chi connectivity index (χ4v) is 1.86. The second-order valence-electron chi connectivity index (χ2n) is 3.84. The van der Waals surface area contributed by atoms with Crippen molar-refractivity contribution >= 4 is 11.6 Å². The average Bonchev–Trinajstić information content (AvgIpc) is 2.38. The van der Waals surface area contributed by atoms with Gasteiger partial charge in [0.05, 0.1) is 0 Å². The highest BCUT2D eigenvalue weighted by molar-refractivity contribution is 6.31. The van der Waals surface area contributed by atoms with Gasteiger partial charge in [-0.3, -0.25) is 0 Å². The smallest absolute Gasteiger partial charge is 0.125 e. The summed E-state index contributed by atoms with van der Waals surface area (Å²) in [4.78, 5) is 0. The standard InChI is InChI=1S/C14H13ClFNO/c15-13-2-1-3-14(12(13)8-17)18-9-10-4-6-11(16)7-5-10/h1-7H,8-9,17H2. The molecule has 0 aliphatic heterocycles. The fraction of sp³-hybridized carbons (Fsp3) is 0.143. The Morgan fingerprint density at radius 2 is 1.83 bits per heavy atom. The Hall–Kier alpha value is -1.58. The number of halogens is 2. The van der Waals surface area contributed by atoms with Crippen LogP contribution in [-0.2, 0) is 13.2 Å². The minimum atomic E-state index is -0.260. The molecule has 0 bridgehead atoms. The maximum absolute atomic E-state index is 12.7. The van der Waals surface area contributed by atoms with Crippen LogP contribution in [0, 0.1) is 5.82 Å². The molecule has 94 valence electrons. The van der Waals surface area contributed by atoms with E-state index in [0.717, 1.165) is 11.1 Å². The van der Waals surface area contributed by atoms with Crippen molar-refractivity contribution < 1.29 is 9.13 Å². The lowest BCUT2D eigenvalue weighted by molar-refractivity contribution is 0.303. The van der Waals surface area contributed by atoms with Crippen molar-refractivity contribution in [1.29, 1.82) is 0 Å². The molecule has 0 saturated carbocycles. The van der Waals surface area contributed by atoms with Gasteiger partial charge in [0.15, 0.2) is 0 Å². The van der Waals surface area contributed by atoms with Crippen LogP contribution < -0.4 is 10.5 Å². The highest BCUT2D eigenvalue weighted by Gasteiger charge is 2.06. The molecule has 2 nitrogen and oxygen atoms in total. The maximum atomic E-state index is 12.7. The first-order valence-electron chi connectivity index (χ1n) is 5.55. The van der Waals surface area contributed by atoms with E-state index in [2.05, 4.69) is 0 Å². The summed E-state index contributed by atoms with van der Waals surface area (Å²) in [5.74, 6) is 0.401. The lowest BCUT2D eigenvalue weighted by Gasteiger charge is -2.11. The third-order valence-electron chi connectivity index (χ3n) is 2.59. The minimum absolute atomic E-state index is 0.260. The molecule has 0 saturated heterocycles. The van der Waals surface area contributed by atoms with Crippen molar-refractivity contribution in [3.8, 4) is 5.75 Å². The molecule has 0 heterocycles. The van der Waals surface area contributed by atoms with Crippen LogP contribution in [0.25, 0.3) is 0 Å². The van der Waals surface area contributed by atoms with Gasteiger partial charge >= 0.3 is 0 Å². The van der Waals surface area contributed by atoms with Crippen LogP contribution in [0.15, 0.2) is 42.5 Å². The quantitative estimate of drug-likeness (QED) is 0.918. The molecule has 2 rings (SSSR count). The first-order chi connectivity index (χ1) is 8.70. The van der Waals surface area contributed by atoms with Crippen LogP contribution in [0.1, 0.15) is 11.1 Å². The fourth-order valence-electron chi connectivity index (χ4n) is 1.61. The van der Waals surface area contributed by atoms with Crippen LogP contribution in [0.4, 0.5) is 4.39 Å². The monoisotopic (exact) mass is 265 g/mol. The van der Waals surface area contributed by atoms with E-state index >= 15 is 0 Å². The van der Waals surface area contributed by atoms with Gasteiger partial charge in [-0.2, -0.15) is 0 Å². The van der Waals surface area contributed by atoms with Gasteiger partial charge < -0.3 is 10.5 Å². The third-order valence-corrected chi connectivity index (χ3v) is 2.94. The zero-order chi connectivity index (χ0) is 13.0. The normalized spacial score (nSPS) is 10.4. The number of nitrogens with two attached hydrogens (primary N) is 1. The number of ether oxygens (including phenoxy) is 1. The molecule has 0 aliphatic carbocycles. The van der Waals surface area contributed by atoms with Gasteiger partial charge in [-0.25, -0.2) is 4.39 Å². The largest absolute Gasteiger partial charge is 0.489 e. The Kier molecular flexibility index (Phi) is 4.18. The van der Waals surface area contributed by atoms with Crippen molar-refractivity contribution in [2.45, 2.75) is 13.2 Å². The minimum Gasteiger partial charge on any atom is -0.489 e. The van der Waals surface area contributed by atoms with Gasteiger partial charge in [0, 0.05) is 17.1 Å². The summed E-state index contributed by atoms with van der Waals surface area (Å²) >= 11 is 6.02. The molecule has 2 aromatic carbocycles. The summed E-state index contributed by atoms with van der Waals surface area (Å²) in [7, 11) is 0. The van der Waals surface area contributed by atoms with Gasteiger partial charge in [-0.1, -0.05) is 29.8 Å². The molecule has 0 atom stereocenters. The van der Waals surface area contributed by atoms with Crippen LogP contribution >= 0.6 is 11.6 Å². The number of hydrogen-bond acceptors (Lipinski definition) is 2. The van der Waals surface area contributed by atoms with E-state index in [1.54, 1.807) is 18.2 Å². The number of benzene rings is 2. The second kappa shape index (κ2) is 5.85. The number of rotatable bonds is 4. The Morgan fingerprint density at radius 1 is 1.11 bits per heavy atom. The van der Waals surface area contributed by atoms with Gasteiger partial charge in [-0.05, 0) is 29.8 Å². The first-order valence-corrected chi connectivity index (χ1v) is 5.93. The summed E-state index contributed by atoms with van der Waals surface area (Å²) < 4.78 is 18.4. The van der Waals surface area contributed by atoms with E-state index in [4.69, 9.17) is 22.1 Å². The lowest BCUT2D eigenvalue weighted by Crippen LogP contribution is -2.03. The van der Waals surface area contributed by atoms with Crippen molar-refractivity contribution in [3.05, 3.63) is 64.4 Å². The van der Waals surface area contributed by atoms with Crippen molar-refractivity contribution in [2.75, 3.05) is 0 Å². The molecular weight excluding hydrogens is 253 g/mol. The van der Waals surface area contributed by atoms with Crippen LogP contribution in [0.2, 0.25) is 5.02 Å². The average molecular weight is 266 g/mol. The van der Waals surface area contributed by atoms with E-state index in [9.17, 15) is 4.39 Å². The topological polar surface area (TPSA) is 35.2 Å². The molecule has 0 fully saturated rings. The Labute approximate surface area is 110 Å². The van der Waals surface area contributed by atoms with E-state index in [1.807, 2.05) is 12.1 Å². The molecule has 0 unspecified atom stereocenters. The molecule has 18 heavy (non-hydrogen) atoms. The van der Waals surface area contributed by atoms with Crippen LogP contribution in [0.3, 0.4) is 0 Å². The molecule has 0 spiro atoms. The van der Waals surface area contributed by atoms with Crippen molar-refractivity contribution in [2.24, 2.45) is 5.73 Å². The van der Waals surface area contributed by atoms with E-state index in [1.165, 1.54) is 12.1 Å². The molecule has 0 radical (unpaired) electrons. The van der Waals surface area contributed by atoms with Crippen LogP contribution in [0.5, 0.6) is 5.75 Å². The predicted octanol–water partition coefficient (Wildman–Crippen LogP) is 3.52. The SMILES string of the molecule is NCc1c(Cl)cccc1OCc1ccc(F)cc1. The van der Waals surface area contributed by atoms with Gasteiger partial charge in [0.1, 0.15) is 18.2 Å². The van der Waals surface area contributed by atoms with Crippen LogP contribution in [-0.4, -0.2) is 0 Å². The molecular formula is C14H13ClFNO. The highest BCUT2D eigenvalue weighted by Crippen LogP contribution is 2.26. The maximum Gasteiger partial charge on any atom is 0.125 e. The molecule has 0 aromatic heterocycles. The summed E-state index contributed by atoms with van der Waals surface area (Å²) in [5, 5.41) is 0.592. The highest BCUT2D eigenvalue weighted by atomic mass is 35.5. The molecule has 2 aromatic rings. The number of hydrogen-bond donors (Lipinski definition) is 1. The molecule has 4 heteroatoms. The summed E-state index contributed by atoms with van der Waals surface area (Å²) in [6.45, 7) is 0.673. The Balaban J connectivity index is 2.10. The lowest BCUT2D eigenvalue weighted by atomic mass is 10.2. The zero-order valence-corrected chi connectivity index (χ0v) is 10.5. The Morgan fingerprint density at radius 3 is 2.50 bits per heavy atom. The Bertz CT molecular complexity index is 528.